The zero-order chi connectivity index (χ0) is 15.5. The molecular formula is C15H12ClN3O2S. The predicted octanol–water partition coefficient (Wildman–Crippen LogP) is 4.27. The molecule has 22 heavy (non-hydrogen) atoms. The third-order valence-electron chi connectivity index (χ3n) is 2.86. The number of nitrogens with one attached hydrogen (secondary N) is 1. The van der Waals surface area contributed by atoms with E-state index in [9.17, 15) is 4.79 Å². The number of ether oxygens (including phenoxy) is 1. The van der Waals surface area contributed by atoms with E-state index in [-0.39, 0.29) is 5.97 Å². The van der Waals surface area contributed by atoms with Crippen molar-refractivity contribution in [1.29, 1.82) is 0 Å². The summed E-state index contributed by atoms with van der Waals surface area (Å²) in [5.41, 5.74) is 1.31. The molecule has 2 aromatic heterocycles. The highest BCUT2D eigenvalue weighted by molar-refractivity contribution is 7.22. The van der Waals surface area contributed by atoms with Crippen LogP contribution in [0.15, 0.2) is 36.5 Å². The van der Waals surface area contributed by atoms with Gasteiger partial charge in [-0.15, -0.1) is 0 Å². The van der Waals surface area contributed by atoms with E-state index < -0.39 is 0 Å². The second kappa shape index (κ2) is 6.29. The van der Waals surface area contributed by atoms with Gasteiger partial charge in [-0.25, -0.2) is 14.8 Å². The van der Waals surface area contributed by atoms with E-state index in [4.69, 9.17) is 16.3 Å². The zero-order valence-electron chi connectivity index (χ0n) is 11.7. The molecule has 0 fully saturated rings. The summed E-state index contributed by atoms with van der Waals surface area (Å²) in [7, 11) is 0. The maximum atomic E-state index is 11.7. The molecule has 112 valence electrons. The van der Waals surface area contributed by atoms with Crippen LogP contribution < -0.4 is 5.32 Å². The van der Waals surface area contributed by atoms with Crippen LogP contribution in [0, 0.1) is 0 Å². The number of pyridine rings is 1. The lowest BCUT2D eigenvalue weighted by Gasteiger charge is -2.04. The largest absolute Gasteiger partial charge is 0.462 e. The number of carbonyl (C=O) groups is 1. The summed E-state index contributed by atoms with van der Waals surface area (Å²) in [4.78, 5) is 20.4. The van der Waals surface area contributed by atoms with Gasteiger partial charge >= 0.3 is 5.97 Å². The predicted molar refractivity (Wildman–Crippen MR) is 88.1 cm³/mol. The van der Waals surface area contributed by atoms with Gasteiger partial charge in [0.15, 0.2) is 5.13 Å². The Morgan fingerprint density at radius 2 is 2.23 bits per heavy atom. The molecule has 7 heteroatoms. The van der Waals surface area contributed by atoms with E-state index in [1.54, 1.807) is 31.3 Å². The van der Waals surface area contributed by atoms with Gasteiger partial charge in [0.05, 0.1) is 22.4 Å². The van der Waals surface area contributed by atoms with Crippen molar-refractivity contribution in [2.45, 2.75) is 6.92 Å². The number of halogens is 1. The minimum Gasteiger partial charge on any atom is -0.462 e. The first kappa shape index (κ1) is 14.7. The number of thiazole rings is 1. The van der Waals surface area contributed by atoms with E-state index in [0.717, 1.165) is 10.2 Å². The van der Waals surface area contributed by atoms with Gasteiger partial charge in [-0.1, -0.05) is 22.9 Å². The lowest BCUT2D eigenvalue weighted by Crippen LogP contribution is -2.05. The van der Waals surface area contributed by atoms with Crippen LogP contribution in [-0.2, 0) is 4.74 Å². The number of hydrogen-bond donors (Lipinski definition) is 1. The second-order valence-corrected chi connectivity index (χ2v) is 5.87. The van der Waals surface area contributed by atoms with Gasteiger partial charge in [-0.2, -0.15) is 0 Å². The van der Waals surface area contributed by atoms with Gasteiger partial charge in [-0.3, -0.25) is 0 Å². The topological polar surface area (TPSA) is 64.1 Å². The summed E-state index contributed by atoms with van der Waals surface area (Å²) >= 11 is 7.44. The minimum absolute atomic E-state index is 0.336. The number of carbonyl (C=O) groups excluding carboxylic acids is 1. The van der Waals surface area contributed by atoms with Crippen molar-refractivity contribution in [3.63, 3.8) is 0 Å². The van der Waals surface area contributed by atoms with Crippen molar-refractivity contribution in [3.8, 4) is 0 Å². The van der Waals surface area contributed by atoms with Crippen LogP contribution in [0.2, 0.25) is 5.02 Å². The van der Waals surface area contributed by atoms with Gasteiger partial charge in [0, 0.05) is 11.2 Å². The number of anilines is 2. The maximum absolute atomic E-state index is 11.7. The van der Waals surface area contributed by atoms with E-state index in [2.05, 4.69) is 15.3 Å². The van der Waals surface area contributed by atoms with Crippen molar-refractivity contribution >= 4 is 50.1 Å². The first-order valence-electron chi connectivity index (χ1n) is 6.62. The zero-order valence-corrected chi connectivity index (χ0v) is 13.2. The molecule has 0 spiro atoms. The molecular weight excluding hydrogens is 322 g/mol. The smallest absolute Gasteiger partial charge is 0.338 e. The first-order chi connectivity index (χ1) is 10.7. The van der Waals surface area contributed by atoms with Gasteiger partial charge in [0.2, 0.25) is 0 Å². The summed E-state index contributed by atoms with van der Waals surface area (Å²) in [6, 6.07) is 8.77. The number of fused-ring (bicyclic) bond motifs is 1. The van der Waals surface area contributed by atoms with Crippen LogP contribution in [0.3, 0.4) is 0 Å². The third-order valence-corrected chi connectivity index (χ3v) is 4.03. The summed E-state index contributed by atoms with van der Waals surface area (Å²) in [5.74, 6) is 0.166. The molecule has 3 rings (SSSR count). The Morgan fingerprint density at radius 3 is 3.05 bits per heavy atom. The SMILES string of the molecule is CCOC(=O)c1ccnc(Nc2nc3ccc(Cl)cc3s2)c1. The molecule has 0 saturated carbocycles. The number of esters is 1. The molecule has 0 amide bonds. The van der Waals surface area contributed by atoms with Crippen molar-refractivity contribution in [2.24, 2.45) is 0 Å². The Balaban J connectivity index is 1.85. The third kappa shape index (κ3) is 3.18. The molecule has 0 aliphatic rings. The summed E-state index contributed by atoms with van der Waals surface area (Å²) in [6.45, 7) is 2.10. The molecule has 0 aliphatic heterocycles. The number of rotatable bonds is 4. The van der Waals surface area contributed by atoms with Gasteiger partial charge < -0.3 is 10.1 Å². The highest BCUT2D eigenvalue weighted by Gasteiger charge is 2.09. The fraction of sp³-hybridized carbons (Fsp3) is 0.133. The van der Waals surface area contributed by atoms with Crippen LogP contribution in [0.5, 0.6) is 0 Å². The monoisotopic (exact) mass is 333 g/mol. The molecule has 0 atom stereocenters. The molecule has 0 saturated heterocycles. The Hall–Kier alpha value is -2.18. The minimum atomic E-state index is -0.371. The molecule has 0 radical (unpaired) electrons. The lowest BCUT2D eigenvalue weighted by atomic mass is 10.2. The fourth-order valence-corrected chi connectivity index (χ4v) is 3.05. The van der Waals surface area contributed by atoms with Crippen LogP contribution in [-0.4, -0.2) is 22.5 Å². The number of aromatic nitrogens is 2. The Morgan fingerprint density at radius 1 is 1.36 bits per heavy atom. The normalized spacial score (nSPS) is 10.6. The molecule has 0 unspecified atom stereocenters. The molecule has 5 nitrogen and oxygen atoms in total. The van der Waals surface area contributed by atoms with Crippen molar-refractivity contribution in [2.75, 3.05) is 11.9 Å². The molecule has 0 bridgehead atoms. The van der Waals surface area contributed by atoms with E-state index >= 15 is 0 Å². The highest BCUT2D eigenvalue weighted by Crippen LogP contribution is 2.29. The average molecular weight is 334 g/mol. The molecule has 2 heterocycles. The Bertz CT molecular complexity index is 835. The number of benzene rings is 1. The molecule has 1 aromatic carbocycles. The maximum Gasteiger partial charge on any atom is 0.338 e. The van der Waals surface area contributed by atoms with Crippen molar-refractivity contribution < 1.29 is 9.53 Å². The standard InChI is InChI=1S/C15H12ClN3O2S/c1-2-21-14(20)9-5-6-17-13(7-9)19-15-18-11-4-3-10(16)8-12(11)22-15/h3-8H,2H2,1H3,(H,17,18,19). The van der Waals surface area contributed by atoms with Gasteiger partial charge in [-0.05, 0) is 37.3 Å². The van der Waals surface area contributed by atoms with Crippen LogP contribution in [0.1, 0.15) is 17.3 Å². The Labute approximate surface area is 135 Å². The van der Waals surface area contributed by atoms with E-state index in [1.165, 1.54) is 11.3 Å². The molecule has 0 aliphatic carbocycles. The molecule has 1 N–H and O–H groups in total. The molecule has 3 aromatic rings. The summed E-state index contributed by atoms with van der Waals surface area (Å²) in [6.07, 6.45) is 1.55. The lowest BCUT2D eigenvalue weighted by molar-refractivity contribution is 0.0526. The average Bonchev–Trinajstić information content (AvgIpc) is 2.89. The van der Waals surface area contributed by atoms with Crippen molar-refractivity contribution in [1.82, 2.24) is 9.97 Å². The van der Waals surface area contributed by atoms with E-state index in [1.807, 2.05) is 12.1 Å². The van der Waals surface area contributed by atoms with Crippen LogP contribution in [0.25, 0.3) is 10.2 Å². The van der Waals surface area contributed by atoms with Crippen LogP contribution >= 0.6 is 22.9 Å². The number of hydrogen-bond acceptors (Lipinski definition) is 6. The summed E-state index contributed by atoms with van der Waals surface area (Å²) in [5, 5.41) is 4.45. The number of nitrogens with zero attached hydrogens (tertiary/aromatic N) is 2. The first-order valence-corrected chi connectivity index (χ1v) is 7.81. The summed E-state index contributed by atoms with van der Waals surface area (Å²) < 4.78 is 5.96. The van der Waals surface area contributed by atoms with Gasteiger partial charge in [0.1, 0.15) is 5.82 Å². The Kier molecular flexibility index (Phi) is 4.22. The highest BCUT2D eigenvalue weighted by atomic mass is 35.5. The fourth-order valence-electron chi connectivity index (χ4n) is 1.90. The van der Waals surface area contributed by atoms with Crippen LogP contribution in [0.4, 0.5) is 10.9 Å². The van der Waals surface area contributed by atoms with Crippen molar-refractivity contribution in [3.05, 3.63) is 47.1 Å². The van der Waals surface area contributed by atoms with Gasteiger partial charge in [0.25, 0.3) is 0 Å². The quantitative estimate of drug-likeness (QED) is 0.722. The van der Waals surface area contributed by atoms with E-state index in [0.29, 0.717) is 28.1 Å². The second-order valence-electron chi connectivity index (χ2n) is 4.41.